The highest BCUT2D eigenvalue weighted by Crippen LogP contribution is 2.22. The number of hydrogen-bond donors (Lipinski definition) is 2. The number of anilines is 1. The molecule has 0 unspecified atom stereocenters. The summed E-state index contributed by atoms with van der Waals surface area (Å²) >= 11 is 0. The van der Waals surface area contributed by atoms with Crippen molar-refractivity contribution < 1.29 is 4.79 Å². The number of nitrogens with two attached hydrogens (primary N) is 2. The number of aromatic nitrogens is 1. The summed E-state index contributed by atoms with van der Waals surface area (Å²) in [5, 5.41) is 0.761. The van der Waals surface area contributed by atoms with E-state index in [1.54, 1.807) is 18.2 Å². The first-order valence-electron chi connectivity index (χ1n) is 4.55. The lowest BCUT2D eigenvalue weighted by Gasteiger charge is -2.06. The summed E-state index contributed by atoms with van der Waals surface area (Å²) in [6.45, 7) is 1.83. The second-order valence-electron chi connectivity index (χ2n) is 3.42. The number of hydrogen-bond acceptors (Lipinski definition) is 3. The van der Waals surface area contributed by atoms with Gasteiger partial charge in [-0.05, 0) is 19.1 Å². The number of rotatable bonds is 1. The van der Waals surface area contributed by atoms with E-state index < -0.39 is 5.91 Å². The van der Waals surface area contributed by atoms with E-state index in [1.807, 2.05) is 13.0 Å². The number of amides is 1. The standard InChI is InChI=1S/C11H11N3O/c1-6-5-9(12)7-3-2-4-8(11(13)15)10(7)14-6/h2-5H,1H3,(H2,12,14)(H2,13,15). The van der Waals surface area contributed by atoms with E-state index in [-0.39, 0.29) is 0 Å². The first-order valence-corrected chi connectivity index (χ1v) is 4.55. The Bertz CT molecular complexity index is 549. The van der Waals surface area contributed by atoms with Crippen LogP contribution in [0.2, 0.25) is 0 Å². The predicted molar refractivity (Wildman–Crippen MR) is 59.4 cm³/mol. The number of aryl methyl sites for hydroxylation is 1. The molecule has 0 bridgehead atoms. The molecule has 0 atom stereocenters. The van der Waals surface area contributed by atoms with Crippen molar-refractivity contribution >= 4 is 22.5 Å². The lowest BCUT2D eigenvalue weighted by Crippen LogP contribution is -2.12. The third kappa shape index (κ3) is 1.50. The molecule has 0 spiro atoms. The molecule has 4 heteroatoms. The zero-order valence-corrected chi connectivity index (χ0v) is 8.32. The molecule has 0 saturated heterocycles. The molecule has 0 saturated carbocycles. The topological polar surface area (TPSA) is 82.0 Å². The summed E-state index contributed by atoms with van der Waals surface area (Å²) in [4.78, 5) is 15.5. The molecule has 4 N–H and O–H groups in total. The Kier molecular flexibility index (Phi) is 2.04. The SMILES string of the molecule is Cc1cc(N)c2cccc(C(N)=O)c2n1. The summed E-state index contributed by atoms with van der Waals surface area (Å²) in [7, 11) is 0. The molecule has 0 aliphatic heterocycles. The minimum absolute atomic E-state index is 0.405. The van der Waals surface area contributed by atoms with Crippen LogP contribution in [0, 0.1) is 6.92 Å². The highest BCUT2D eigenvalue weighted by Gasteiger charge is 2.09. The van der Waals surface area contributed by atoms with Gasteiger partial charge in [-0.3, -0.25) is 9.78 Å². The molecule has 15 heavy (non-hydrogen) atoms. The fourth-order valence-electron chi connectivity index (χ4n) is 1.61. The lowest BCUT2D eigenvalue weighted by atomic mass is 10.1. The Morgan fingerprint density at radius 3 is 2.80 bits per heavy atom. The Morgan fingerprint density at radius 1 is 1.40 bits per heavy atom. The van der Waals surface area contributed by atoms with Crippen LogP contribution >= 0.6 is 0 Å². The Morgan fingerprint density at radius 2 is 2.13 bits per heavy atom. The fourth-order valence-corrected chi connectivity index (χ4v) is 1.61. The van der Waals surface area contributed by atoms with Crippen LogP contribution in [-0.2, 0) is 0 Å². The van der Waals surface area contributed by atoms with Crippen molar-refractivity contribution in [1.29, 1.82) is 0 Å². The molecule has 4 nitrogen and oxygen atoms in total. The van der Waals surface area contributed by atoms with Gasteiger partial charge in [-0.2, -0.15) is 0 Å². The lowest BCUT2D eigenvalue weighted by molar-refractivity contribution is 0.100. The average molecular weight is 201 g/mol. The van der Waals surface area contributed by atoms with Gasteiger partial charge in [-0.25, -0.2) is 0 Å². The van der Waals surface area contributed by atoms with Gasteiger partial charge in [0.1, 0.15) is 0 Å². The van der Waals surface area contributed by atoms with E-state index in [0.29, 0.717) is 16.8 Å². The molecule has 2 aromatic rings. The van der Waals surface area contributed by atoms with E-state index in [2.05, 4.69) is 4.98 Å². The van der Waals surface area contributed by atoms with Crippen LogP contribution in [0.15, 0.2) is 24.3 Å². The number of fused-ring (bicyclic) bond motifs is 1. The first kappa shape index (κ1) is 9.45. The monoisotopic (exact) mass is 201 g/mol. The molecule has 0 aliphatic rings. The zero-order chi connectivity index (χ0) is 11.0. The minimum Gasteiger partial charge on any atom is -0.398 e. The third-order valence-corrected chi connectivity index (χ3v) is 2.27. The quantitative estimate of drug-likeness (QED) is 0.727. The van der Waals surface area contributed by atoms with Crippen LogP contribution in [0.5, 0.6) is 0 Å². The van der Waals surface area contributed by atoms with Gasteiger partial charge in [0, 0.05) is 16.8 Å². The molecule has 1 amide bonds. The average Bonchev–Trinajstić information content (AvgIpc) is 2.16. The van der Waals surface area contributed by atoms with E-state index in [1.165, 1.54) is 0 Å². The summed E-state index contributed by atoms with van der Waals surface area (Å²) in [6.07, 6.45) is 0. The molecule has 76 valence electrons. The van der Waals surface area contributed by atoms with E-state index in [0.717, 1.165) is 11.1 Å². The highest BCUT2D eigenvalue weighted by molar-refractivity contribution is 6.07. The van der Waals surface area contributed by atoms with E-state index in [9.17, 15) is 4.79 Å². The maximum atomic E-state index is 11.2. The second kappa shape index (κ2) is 3.24. The van der Waals surface area contributed by atoms with Crippen molar-refractivity contribution in [3.63, 3.8) is 0 Å². The van der Waals surface area contributed by atoms with Crippen molar-refractivity contribution in [2.75, 3.05) is 5.73 Å². The van der Waals surface area contributed by atoms with Crippen LogP contribution in [0.4, 0.5) is 5.69 Å². The van der Waals surface area contributed by atoms with Gasteiger partial charge >= 0.3 is 0 Å². The van der Waals surface area contributed by atoms with Gasteiger partial charge in [0.15, 0.2) is 0 Å². The maximum Gasteiger partial charge on any atom is 0.250 e. The zero-order valence-electron chi connectivity index (χ0n) is 8.32. The minimum atomic E-state index is -0.488. The number of benzene rings is 1. The van der Waals surface area contributed by atoms with Crippen molar-refractivity contribution in [3.8, 4) is 0 Å². The van der Waals surface area contributed by atoms with Crippen LogP contribution in [-0.4, -0.2) is 10.9 Å². The van der Waals surface area contributed by atoms with E-state index in [4.69, 9.17) is 11.5 Å². The smallest absolute Gasteiger partial charge is 0.250 e. The fraction of sp³-hybridized carbons (Fsp3) is 0.0909. The van der Waals surface area contributed by atoms with Gasteiger partial charge in [-0.15, -0.1) is 0 Å². The number of carbonyl (C=O) groups is 1. The van der Waals surface area contributed by atoms with E-state index >= 15 is 0 Å². The Hall–Kier alpha value is -2.10. The molecule has 0 fully saturated rings. The Labute approximate surface area is 86.9 Å². The van der Waals surface area contributed by atoms with Crippen molar-refractivity contribution in [1.82, 2.24) is 4.98 Å². The van der Waals surface area contributed by atoms with Crippen LogP contribution in [0.25, 0.3) is 10.9 Å². The second-order valence-corrected chi connectivity index (χ2v) is 3.42. The normalized spacial score (nSPS) is 10.5. The summed E-state index contributed by atoms with van der Waals surface area (Å²) in [5.41, 5.74) is 13.5. The molecule has 0 radical (unpaired) electrons. The summed E-state index contributed by atoms with van der Waals surface area (Å²) < 4.78 is 0. The Balaban J connectivity index is 2.91. The predicted octanol–water partition coefficient (Wildman–Crippen LogP) is 1.22. The maximum absolute atomic E-state index is 11.2. The van der Waals surface area contributed by atoms with Crippen LogP contribution in [0.1, 0.15) is 16.1 Å². The summed E-state index contributed by atoms with van der Waals surface area (Å²) in [6, 6.07) is 6.99. The molecule has 1 heterocycles. The van der Waals surface area contributed by atoms with Crippen LogP contribution in [0.3, 0.4) is 0 Å². The molecule has 0 aliphatic carbocycles. The molecular weight excluding hydrogens is 190 g/mol. The summed E-state index contributed by atoms with van der Waals surface area (Å²) in [5.74, 6) is -0.488. The third-order valence-electron chi connectivity index (χ3n) is 2.27. The van der Waals surface area contributed by atoms with Crippen LogP contribution < -0.4 is 11.5 Å². The van der Waals surface area contributed by atoms with Gasteiger partial charge in [0.25, 0.3) is 5.91 Å². The number of carbonyl (C=O) groups excluding carboxylic acids is 1. The number of para-hydroxylation sites is 1. The van der Waals surface area contributed by atoms with Crippen molar-refractivity contribution in [3.05, 3.63) is 35.5 Å². The number of nitrogens with zero attached hydrogens (tertiary/aromatic N) is 1. The van der Waals surface area contributed by atoms with Crippen molar-refractivity contribution in [2.45, 2.75) is 6.92 Å². The van der Waals surface area contributed by atoms with Gasteiger partial charge in [0.05, 0.1) is 11.1 Å². The number of primary amides is 1. The number of pyridine rings is 1. The highest BCUT2D eigenvalue weighted by atomic mass is 16.1. The molecule has 2 rings (SSSR count). The largest absolute Gasteiger partial charge is 0.398 e. The number of nitrogen functional groups attached to an aromatic ring is 1. The first-order chi connectivity index (χ1) is 7.09. The van der Waals surface area contributed by atoms with Crippen molar-refractivity contribution in [2.24, 2.45) is 5.73 Å². The molecular formula is C11H11N3O. The van der Waals surface area contributed by atoms with Gasteiger partial charge in [-0.1, -0.05) is 12.1 Å². The van der Waals surface area contributed by atoms with Gasteiger partial charge in [0.2, 0.25) is 0 Å². The molecule has 1 aromatic carbocycles. The molecule has 1 aromatic heterocycles. The van der Waals surface area contributed by atoms with Gasteiger partial charge < -0.3 is 11.5 Å².